The zero-order valence-corrected chi connectivity index (χ0v) is 26.9. The number of nitrogens with one attached hydrogen (secondary N) is 1. The molecule has 2 aromatic carbocycles. The summed E-state index contributed by atoms with van der Waals surface area (Å²) in [7, 11) is -1.98. The molecule has 11 nitrogen and oxygen atoms in total. The molecule has 3 rings (SSSR count). The first-order valence-electron chi connectivity index (χ1n) is 14.9. The maximum atomic E-state index is 13.3. The molecular weight excluding hydrogens is 596 g/mol. The van der Waals surface area contributed by atoms with Crippen LogP contribution in [0, 0.1) is 6.92 Å². The molecule has 0 saturated carbocycles. The second-order valence-corrected chi connectivity index (χ2v) is 13.1. The van der Waals surface area contributed by atoms with Crippen LogP contribution in [-0.4, -0.2) is 93.1 Å². The van der Waals surface area contributed by atoms with E-state index in [1.807, 2.05) is 6.92 Å². The number of ether oxygens (including phenoxy) is 2. The lowest BCUT2D eigenvalue weighted by molar-refractivity contribution is -0.125. The third-order valence-electron chi connectivity index (χ3n) is 7.85. The van der Waals surface area contributed by atoms with Crippen LogP contribution in [-0.2, 0) is 26.0 Å². The summed E-state index contributed by atoms with van der Waals surface area (Å²) in [5, 5.41) is 2.77. The van der Waals surface area contributed by atoms with Crippen LogP contribution in [0.25, 0.3) is 0 Å². The highest BCUT2D eigenvalue weighted by molar-refractivity contribution is 7.89. The van der Waals surface area contributed by atoms with Gasteiger partial charge in [-0.1, -0.05) is 24.3 Å². The lowest BCUT2D eigenvalue weighted by Crippen LogP contribution is -2.62. The van der Waals surface area contributed by atoms with E-state index >= 15 is 0 Å². The van der Waals surface area contributed by atoms with E-state index in [2.05, 4.69) is 18.5 Å². The Balaban J connectivity index is 1.58. The third kappa shape index (κ3) is 9.74. The van der Waals surface area contributed by atoms with Crippen molar-refractivity contribution in [3.8, 4) is 5.75 Å². The Morgan fingerprint density at radius 2 is 1.80 bits per heavy atom. The van der Waals surface area contributed by atoms with Gasteiger partial charge in [0.1, 0.15) is 11.3 Å². The molecule has 0 bridgehead atoms. The third-order valence-corrected chi connectivity index (χ3v) is 9.73. The number of nitrogens with zero attached hydrogens (tertiary/aromatic N) is 2. The standard InChI is InChI=1S/C33H44N4O7S/c1-5-7-20-44-29-10-8-9-27(24-29)30(38)35-33(32(34)40)14-16-37(17-15-33)45(41,42)22-13-26-11-12-28(23-25(26)3)31(39)36(4)18-21-43-19-6-2/h5-6,8-12,23-24H,1-2,7,13-22H2,3-4H3,(H2,34,40)(H,35,38). The zero-order valence-electron chi connectivity index (χ0n) is 26.1. The Kier molecular flexibility index (Phi) is 12.9. The minimum Gasteiger partial charge on any atom is -0.493 e. The molecule has 3 amide bonds. The molecule has 12 heteroatoms. The first-order valence-corrected chi connectivity index (χ1v) is 16.5. The molecule has 45 heavy (non-hydrogen) atoms. The van der Waals surface area contributed by atoms with Crippen LogP contribution in [0.3, 0.4) is 0 Å². The van der Waals surface area contributed by atoms with Gasteiger partial charge in [-0.15, -0.1) is 13.2 Å². The minimum atomic E-state index is -3.68. The molecule has 0 unspecified atom stereocenters. The molecule has 1 aliphatic rings. The fourth-order valence-electron chi connectivity index (χ4n) is 5.02. The lowest BCUT2D eigenvalue weighted by Gasteiger charge is -2.39. The molecule has 1 heterocycles. The highest BCUT2D eigenvalue weighted by Crippen LogP contribution is 2.26. The molecule has 1 fully saturated rings. The smallest absolute Gasteiger partial charge is 0.253 e. The van der Waals surface area contributed by atoms with Gasteiger partial charge in [0, 0.05) is 37.8 Å². The number of primary amides is 1. The quantitative estimate of drug-likeness (QED) is 0.200. The van der Waals surface area contributed by atoms with Crippen molar-refractivity contribution in [3.63, 3.8) is 0 Å². The molecule has 3 N–H and O–H groups in total. The van der Waals surface area contributed by atoms with Crippen molar-refractivity contribution in [1.29, 1.82) is 0 Å². The van der Waals surface area contributed by atoms with E-state index in [-0.39, 0.29) is 44.0 Å². The van der Waals surface area contributed by atoms with Gasteiger partial charge in [0.15, 0.2) is 0 Å². The number of benzene rings is 2. The van der Waals surface area contributed by atoms with E-state index in [1.54, 1.807) is 66.6 Å². The van der Waals surface area contributed by atoms with Crippen LogP contribution < -0.4 is 15.8 Å². The highest BCUT2D eigenvalue weighted by Gasteiger charge is 2.43. The zero-order chi connectivity index (χ0) is 33.0. The molecule has 2 aromatic rings. The van der Waals surface area contributed by atoms with Crippen LogP contribution in [0.15, 0.2) is 67.8 Å². The van der Waals surface area contributed by atoms with E-state index in [9.17, 15) is 22.8 Å². The second-order valence-electron chi connectivity index (χ2n) is 11.1. The summed E-state index contributed by atoms with van der Waals surface area (Å²) >= 11 is 0. The SMILES string of the molecule is C=CCCOc1cccc(C(=O)NC2(C(N)=O)CCN(S(=O)(=O)CCc3ccc(C(=O)N(C)CCOCC=C)cc3C)CC2)c1. The number of carbonyl (C=O) groups is 3. The van der Waals surface area contributed by atoms with Crippen molar-refractivity contribution >= 4 is 27.7 Å². The first kappa shape index (κ1) is 35.5. The van der Waals surface area contributed by atoms with Gasteiger partial charge < -0.3 is 25.4 Å². The maximum Gasteiger partial charge on any atom is 0.253 e. The molecule has 244 valence electrons. The normalized spacial score (nSPS) is 14.7. The molecule has 1 aliphatic heterocycles. The molecule has 0 radical (unpaired) electrons. The van der Waals surface area contributed by atoms with Crippen molar-refractivity contribution in [2.45, 2.75) is 38.1 Å². The molecule has 1 saturated heterocycles. The summed E-state index contributed by atoms with van der Waals surface area (Å²) < 4.78 is 38.9. The largest absolute Gasteiger partial charge is 0.493 e. The van der Waals surface area contributed by atoms with Gasteiger partial charge >= 0.3 is 0 Å². The van der Waals surface area contributed by atoms with Crippen LogP contribution in [0.4, 0.5) is 0 Å². The van der Waals surface area contributed by atoms with Gasteiger partial charge in [-0.3, -0.25) is 14.4 Å². The summed E-state index contributed by atoms with van der Waals surface area (Å²) in [5.74, 6) is -0.999. The second kappa shape index (κ2) is 16.4. The molecule has 0 aliphatic carbocycles. The molecule has 0 atom stereocenters. The highest BCUT2D eigenvalue weighted by atomic mass is 32.2. The van der Waals surface area contributed by atoms with Gasteiger partial charge in [0.2, 0.25) is 15.9 Å². The van der Waals surface area contributed by atoms with Crippen molar-refractivity contribution < 1.29 is 32.3 Å². The van der Waals surface area contributed by atoms with Gasteiger partial charge in [-0.2, -0.15) is 0 Å². The number of nitrogens with two attached hydrogens (primary N) is 1. The number of aryl methyl sites for hydroxylation is 2. The van der Waals surface area contributed by atoms with Crippen LogP contribution >= 0.6 is 0 Å². The predicted molar refractivity (Wildman–Crippen MR) is 174 cm³/mol. The summed E-state index contributed by atoms with van der Waals surface area (Å²) in [5.41, 5.74) is 6.81. The van der Waals surface area contributed by atoms with E-state index in [0.29, 0.717) is 49.7 Å². The van der Waals surface area contributed by atoms with Crippen LogP contribution in [0.5, 0.6) is 5.75 Å². The number of carbonyl (C=O) groups excluding carboxylic acids is 3. The topological polar surface area (TPSA) is 148 Å². The van der Waals surface area contributed by atoms with Crippen molar-refractivity contribution in [1.82, 2.24) is 14.5 Å². The molecular formula is C33H44N4O7S. The monoisotopic (exact) mass is 640 g/mol. The summed E-state index contributed by atoms with van der Waals surface area (Å²) in [4.78, 5) is 40.0. The summed E-state index contributed by atoms with van der Waals surface area (Å²) in [6, 6.07) is 11.8. The van der Waals surface area contributed by atoms with E-state index in [1.165, 1.54) is 4.31 Å². The number of piperidine rings is 1. The van der Waals surface area contributed by atoms with Gasteiger partial charge in [-0.25, -0.2) is 12.7 Å². The Hall–Kier alpha value is -4.00. The molecule has 0 spiro atoms. The van der Waals surface area contributed by atoms with Gasteiger partial charge in [-0.05, 0) is 74.1 Å². The lowest BCUT2D eigenvalue weighted by atomic mass is 9.87. The van der Waals surface area contributed by atoms with Gasteiger partial charge in [0.25, 0.3) is 11.8 Å². The van der Waals surface area contributed by atoms with Crippen molar-refractivity contribution in [2.24, 2.45) is 5.73 Å². The van der Waals surface area contributed by atoms with Crippen LogP contribution in [0.1, 0.15) is 51.1 Å². The Bertz CT molecular complexity index is 1480. The van der Waals surface area contributed by atoms with E-state index < -0.39 is 27.4 Å². The molecule has 0 aromatic heterocycles. The van der Waals surface area contributed by atoms with E-state index in [0.717, 1.165) is 11.1 Å². The Labute approximate surface area is 266 Å². The number of hydrogen-bond donors (Lipinski definition) is 2. The maximum absolute atomic E-state index is 13.3. The number of likely N-dealkylation sites (N-methyl/N-ethyl adjacent to an activating group) is 1. The average Bonchev–Trinajstić information content (AvgIpc) is 3.02. The Morgan fingerprint density at radius 1 is 1.07 bits per heavy atom. The average molecular weight is 641 g/mol. The number of amides is 3. The van der Waals surface area contributed by atoms with Crippen molar-refractivity contribution in [3.05, 3.63) is 90.0 Å². The number of rotatable bonds is 17. The predicted octanol–water partition coefficient (Wildman–Crippen LogP) is 2.85. The van der Waals surface area contributed by atoms with Crippen LogP contribution in [0.2, 0.25) is 0 Å². The number of hydrogen-bond acceptors (Lipinski definition) is 7. The summed E-state index contributed by atoms with van der Waals surface area (Å²) in [6.07, 6.45) is 4.38. The van der Waals surface area contributed by atoms with Gasteiger partial charge in [0.05, 0.1) is 25.6 Å². The summed E-state index contributed by atoms with van der Waals surface area (Å²) in [6.45, 7) is 10.8. The first-order chi connectivity index (χ1) is 21.4. The minimum absolute atomic E-state index is 0.0333. The Morgan fingerprint density at radius 3 is 2.44 bits per heavy atom. The fraction of sp³-hybridized carbons (Fsp3) is 0.424. The van der Waals surface area contributed by atoms with E-state index in [4.69, 9.17) is 15.2 Å². The number of sulfonamides is 1. The fourth-order valence-corrected chi connectivity index (χ4v) is 6.50. The van der Waals surface area contributed by atoms with Crippen molar-refractivity contribution in [2.75, 3.05) is 52.3 Å².